The predicted octanol–water partition coefficient (Wildman–Crippen LogP) is 2.77. The Balaban J connectivity index is 1.36. The van der Waals surface area contributed by atoms with Crippen molar-refractivity contribution >= 4 is 33.2 Å². The van der Waals surface area contributed by atoms with Crippen molar-refractivity contribution in [2.75, 3.05) is 17.9 Å². The number of carbonyl (C=O) groups excluding carboxylic acids is 1. The molecule has 8 nitrogen and oxygen atoms in total. The molecule has 4 rings (SSSR count). The van der Waals surface area contributed by atoms with Crippen LogP contribution in [0.1, 0.15) is 0 Å². The minimum atomic E-state index is -3.72. The molecule has 1 aromatic heterocycles. The Labute approximate surface area is 171 Å². The molecule has 0 radical (unpaired) electrons. The molecule has 1 aliphatic rings. The van der Waals surface area contributed by atoms with Gasteiger partial charge in [0.1, 0.15) is 5.03 Å². The summed E-state index contributed by atoms with van der Waals surface area (Å²) in [4.78, 5) is 12.3. The number of hydrogen-bond acceptors (Lipinski definition) is 8. The van der Waals surface area contributed by atoms with Gasteiger partial charge in [0.15, 0.2) is 16.5 Å². The molecule has 3 aromatic rings. The van der Waals surface area contributed by atoms with E-state index < -0.39 is 9.84 Å². The van der Waals surface area contributed by atoms with Crippen molar-refractivity contribution in [3.63, 3.8) is 0 Å². The Morgan fingerprint density at radius 3 is 2.55 bits per heavy atom. The second-order valence-electron chi connectivity index (χ2n) is 5.93. The fourth-order valence-corrected chi connectivity index (χ4v) is 4.33. The maximum atomic E-state index is 12.5. The highest BCUT2D eigenvalue weighted by Crippen LogP contribution is 2.34. The third-order valence-corrected chi connectivity index (χ3v) is 6.53. The first kappa shape index (κ1) is 19.2. The second kappa shape index (κ2) is 8.10. The molecule has 2 aromatic carbocycles. The first-order valence-corrected chi connectivity index (χ1v) is 11.0. The van der Waals surface area contributed by atoms with Crippen molar-refractivity contribution in [1.82, 2.24) is 10.2 Å². The Morgan fingerprint density at radius 1 is 1.00 bits per heavy atom. The van der Waals surface area contributed by atoms with E-state index in [1.165, 1.54) is 24.3 Å². The Kier molecular flexibility index (Phi) is 5.36. The van der Waals surface area contributed by atoms with Crippen LogP contribution in [0.15, 0.2) is 75.6 Å². The number of amides is 1. The summed E-state index contributed by atoms with van der Waals surface area (Å²) in [5.41, 5.74) is 0.593. The molecule has 0 atom stereocenters. The fraction of sp³-hybridized carbons (Fsp3) is 0.105. The number of fused-ring (bicyclic) bond motifs is 1. The molecule has 0 saturated carbocycles. The Bertz CT molecular complexity index is 1140. The lowest BCUT2D eigenvalue weighted by Gasteiger charge is -2.06. The van der Waals surface area contributed by atoms with Crippen molar-refractivity contribution in [2.45, 2.75) is 14.9 Å². The van der Waals surface area contributed by atoms with Crippen LogP contribution < -0.4 is 14.8 Å². The molecule has 0 bridgehead atoms. The van der Waals surface area contributed by atoms with Gasteiger partial charge in [0.25, 0.3) is 0 Å². The van der Waals surface area contributed by atoms with Crippen LogP contribution in [-0.2, 0) is 14.6 Å². The number of rotatable bonds is 6. The number of aromatic nitrogens is 2. The van der Waals surface area contributed by atoms with Gasteiger partial charge in [0.2, 0.25) is 22.5 Å². The molecule has 0 aliphatic carbocycles. The number of sulfone groups is 1. The summed E-state index contributed by atoms with van der Waals surface area (Å²) in [5.74, 6) is 1.07. The highest BCUT2D eigenvalue weighted by Gasteiger charge is 2.19. The minimum absolute atomic E-state index is 0.0912. The fourth-order valence-electron chi connectivity index (χ4n) is 2.56. The highest BCUT2D eigenvalue weighted by molar-refractivity contribution is 7.99. The molecule has 0 fully saturated rings. The van der Waals surface area contributed by atoms with Gasteiger partial charge in [-0.3, -0.25) is 4.79 Å². The number of benzene rings is 2. The van der Waals surface area contributed by atoms with E-state index in [-0.39, 0.29) is 28.4 Å². The van der Waals surface area contributed by atoms with Gasteiger partial charge in [-0.2, -0.15) is 0 Å². The van der Waals surface area contributed by atoms with Crippen LogP contribution in [0, 0.1) is 0 Å². The van der Waals surface area contributed by atoms with E-state index in [0.29, 0.717) is 22.2 Å². The quantitative estimate of drug-likeness (QED) is 0.596. The largest absolute Gasteiger partial charge is 0.454 e. The summed E-state index contributed by atoms with van der Waals surface area (Å²) in [6.07, 6.45) is 0. The van der Waals surface area contributed by atoms with Crippen molar-refractivity contribution < 1.29 is 22.7 Å². The van der Waals surface area contributed by atoms with Gasteiger partial charge < -0.3 is 14.8 Å². The monoisotopic (exact) mass is 429 g/mol. The van der Waals surface area contributed by atoms with E-state index in [2.05, 4.69) is 15.5 Å². The zero-order chi connectivity index (χ0) is 20.3. The second-order valence-corrected chi connectivity index (χ2v) is 8.82. The SMILES string of the molecule is O=C(CSc1ccc(S(=O)(=O)c2ccccc2)nn1)Nc1ccc2c(c1)OCO2. The topological polar surface area (TPSA) is 107 Å². The number of anilines is 1. The summed E-state index contributed by atoms with van der Waals surface area (Å²) in [5, 5.41) is 10.8. The Hall–Kier alpha value is -3.11. The number of hydrogen-bond donors (Lipinski definition) is 1. The van der Waals surface area contributed by atoms with Gasteiger partial charge in [0, 0.05) is 11.8 Å². The van der Waals surface area contributed by atoms with Crippen LogP contribution in [-0.4, -0.2) is 37.1 Å². The summed E-state index contributed by atoms with van der Waals surface area (Å²) < 4.78 is 35.5. The van der Waals surface area contributed by atoms with Crippen molar-refractivity contribution in [1.29, 1.82) is 0 Å². The molecule has 1 N–H and O–H groups in total. The summed E-state index contributed by atoms with van der Waals surface area (Å²) in [6, 6.07) is 16.1. The normalized spacial score (nSPS) is 12.6. The van der Waals surface area contributed by atoms with Gasteiger partial charge in [-0.15, -0.1) is 10.2 Å². The number of ether oxygens (including phenoxy) is 2. The maximum absolute atomic E-state index is 12.5. The molecule has 2 heterocycles. The lowest BCUT2D eigenvalue weighted by molar-refractivity contribution is -0.113. The van der Waals surface area contributed by atoms with E-state index in [4.69, 9.17) is 9.47 Å². The molecule has 0 spiro atoms. The van der Waals surface area contributed by atoms with Crippen LogP contribution in [0.3, 0.4) is 0 Å². The highest BCUT2D eigenvalue weighted by atomic mass is 32.2. The molecule has 29 heavy (non-hydrogen) atoms. The molecular weight excluding hydrogens is 414 g/mol. The van der Waals surface area contributed by atoms with E-state index in [1.54, 1.807) is 36.4 Å². The van der Waals surface area contributed by atoms with Crippen molar-refractivity contribution in [3.05, 3.63) is 60.7 Å². The van der Waals surface area contributed by atoms with Gasteiger partial charge in [-0.05, 0) is 36.4 Å². The molecule has 0 unspecified atom stereocenters. The van der Waals surface area contributed by atoms with E-state index in [0.717, 1.165) is 11.8 Å². The first-order chi connectivity index (χ1) is 14.0. The first-order valence-electron chi connectivity index (χ1n) is 8.48. The molecule has 10 heteroatoms. The summed E-state index contributed by atoms with van der Waals surface area (Å²) in [6.45, 7) is 0.164. The molecule has 1 aliphatic heterocycles. The number of nitrogens with one attached hydrogen (secondary N) is 1. The standard InChI is InChI=1S/C19H15N3O5S2/c23-17(20-13-6-7-15-16(10-13)27-12-26-15)11-28-18-8-9-19(22-21-18)29(24,25)14-4-2-1-3-5-14/h1-10H,11-12H2,(H,20,23). The van der Waals surface area contributed by atoms with Crippen molar-refractivity contribution in [2.24, 2.45) is 0 Å². The third kappa shape index (κ3) is 4.33. The molecular formula is C19H15N3O5S2. The van der Waals surface area contributed by atoms with Gasteiger partial charge in [0.05, 0.1) is 10.6 Å². The smallest absolute Gasteiger partial charge is 0.234 e. The average Bonchev–Trinajstić information content (AvgIpc) is 3.21. The third-order valence-electron chi connectivity index (χ3n) is 3.95. The summed E-state index contributed by atoms with van der Waals surface area (Å²) in [7, 11) is -3.72. The lowest BCUT2D eigenvalue weighted by atomic mass is 10.3. The van der Waals surface area contributed by atoms with Crippen LogP contribution in [0.2, 0.25) is 0 Å². The molecule has 148 valence electrons. The molecule has 1 amide bonds. The number of carbonyl (C=O) groups is 1. The maximum Gasteiger partial charge on any atom is 0.234 e. The van der Waals surface area contributed by atoms with Crippen molar-refractivity contribution in [3.8, 4) is 11.5 Å². The van der Waals surface area contributed by atoms with Crippen LogP contribution in [0.25, 0.3) is 0 Å². The van der Waals surface area contributed by atoms with Crippen LogP contribution in [0.4, 0.5) is 5.69 Å². The van der Waals surface area contributed by atoms with Crippen LogP contribution >= 0.6 is 11.8 Å². The van der Waals surface area contributed by atoms with E-state index in [1.807, 2.05) is 0 Å². The lowest BCUT2D eigenvalue weighted by Crippen LogP contribution is -2.14. The average molecular weight is 429 g/mol. The van der Waals surface area contributed by atoms with Crippen LogP contribution in [0.5, 0.6) is 11.5 Å². The molecule has 0 saturated heterocycles. The van der Waals surface area contributed by atoms with Gasteiger partial charge in [-0.25, -0.2) is 8.42 Å². The zero-order valence-corrected chi connectivity index (χ0v) is 16.6. The number of nitrogens with zero attached hydrogens (tertiary/aromatic N) is 2. The van der Waals surface area contributed by atoms with E-state index >= 15 is 0 Å². The van der Waals surface area contributed by atoms with Gasteiger partial charge in [-0.1, -0.05) is 30.0 Å². The Morgan fingerprint density at radius 2 is 1.79 bits per heavy atom. The van der Waals surface area contributed by atoms with Gasteiger partial charge >= 0.3 is 0 Å². The number of thioether (sulfide) groups is 1. The minimum Gasteiger partial charge on any atom is -0.454 e. The predicted molar refractivity (Wildman–Crippen MR) is 106 cm³/mol. The zero-order valence-electron chi connectivity index (χ0n) is 14.9. The summed E-state index contributed by atoms with van der Waals surface area (Å²) >= 11 is 1.15. The van der Waals surface area contributed by atoms with E-state index in [9.17, 15) is 13.2 Å².